The van der Waals surface area contributed by atoms with E-state index in [9.17, 15) is 8.42 Å². The van der Waals surface area contributed by atoms with Crippen LogP contribution in [-0.2, 0) is 10.1 Å². The van der Waals surface area contributed by atoms with Crippen molar-refractivity contribution >= 4 is 10.1 Å². The van der Waals surface area contributed by atoms with Crippen LogP contribution in [0.25, 0.3) is 0 Å². The van der Waals surface area contributed by atoms with Crippen LogP contribution in [0.5, 0.6) is 0 Å². The number of hydrogen-bond donors (Lipinski definition) is 2. The van der Waals surface area contributed by atoms with Crippen molar-refractivity contribution in [2.75, 3.05) is 6.26 Å². The highest BCUT2D eigenvalue weighted by molar-refractivity contribution is 7.85. The zero-order valence-electron chi connectivity index (χ0n) is 3.38. The lowest BCUT2D eigenvalue weighted by Crippen LogP contribution is -1.88. The third kappa shape index (κ3) is 1890. The van der Waals surface area contributed by atoms with Crippen LogP contribution < -0.4 is 6.15 Å². The highest BCUT2D eigenvalue weighted by Gasteiger charge is 1.81. The van der Waals surface area contributed by atoms with Gasteiger partial charge in [-0.1, -0.05) is 0 Å². The first-order valence-electron chi connectivity index (χ1n) is 0.924. The molecule has 0 aromatic rings. The molecule has 4 N–H and O–H groups in total. The summed E-state index contributed by atoms with van der Waals surface area (Å²) in [4.78, 5) is 0. The fourth-order valence-corrected chi connectivity index (χ4v) is 0. The third-order valence-corrected chi connectivity index (χ3v) is 0. The molecule has 40 valence electrons. The fourth-order valence-electron chi connectivity index (χ4n) is 0. The van der Waals surface area contributed by atoms with Gasteiger partial charge in [0.15, 0.2) is 0 Å². The van der Waals surface area contributed by atoms with Crippen molar-refractivity contribution in [3.63, 3.8) is 0 Å². The van der Waals surface area contributed by atoms with E-state index < -0.39 is 10.1 Å². The lowest BCUT2D eigenvalue weighted by Gasteiger charge is -1.69. The molecule has 6 heavy (non-hydrogen) atoms. The number of hydrogen-bond acceptors (Lipinski definition) is 3. The van der Waals surface area contributed by atoms with Crippen LogP contribution >= 0.6 is 0 Å². The highest BCUT2D eigenvalue weighted by atomic mass is 32.2. The minimum absolute atomic E-state index is 0. The van der Waals surface area contributed by atoms with Crippen molar-refractivity contribution in [3.05, 3.63) is 0 Å². The average Bonchev–Trinajstić information content (AvgIpc) is 0.722. The predicted molar refractivity (Wildman–Crippen MR) is 22.5 cm³/mol. The van der Waals surface area contributed by atoms with E-state index in [4.69, 9.17) is 4.55 Å². The van der Waals surface area contributed by atoms with Gasteiger partial charge in [0.25, 0.3) is 10.1 Å². The molecule has 0 spiro atoms. The van der Waals surface area contributed by atoms with E-state index in [1.165, 1.54) is 0 Å². The predicted octanol–water partition coefficient (Wildman–Crippen LogP) is -0.334. The maximum absolute atomic E-state index is 9.19. The van der Waals surface area contributed by atoms with Gasteiger partial charge in [0.1, 0.15) is 0 Å². The summed E-state index contributed by atoms with van der Waals surface area (Å²) >= 11 is 0. The monoisotopic (exact) mass is 113 g/mol. The Morgan fingerprint density at radius 1 is 1.50 bits per heavy atom. The second kappa shape index (κ2) is 2.12. The van der Waals surface area contributed by atoms with E-state index in [-0.39, 0.29) is 6.15 Å². The molecule has 0 aromatic carbocycles. The van der Waals surface area contributed by atoms with E-state index >= 15 is 0 Å². The molecule has 0 radical (unpaired) electrons. The standard InChI is InChI=1S/CH4O3S.H3N/c1-5(2,3)4;/h1H3,(H,2,3,4);1H3. The van der Waals surface area contributed by atoms with Crippen molar-refractivity contribution in [2.24, 2.45) is 0 Å². The molecule has 0 rings (SSSR count). The second-order valence-corrected chi connectivity index (χ2v) is 2.20. The minimum Gasteiger partial charge on any atom is -0.344 e. The lowest BCUT2D eigenvalue weighted by atomic mass is 12.0. The third-order valence-electron chi connectivity index (χ3n) is 0. The molecule has 0 bridgehead atoms. The molecule has 0 aliphatic carbocycles. The van der Waals surface area contributed by atoms with Gasteiger partial charge < -0.3 is 6.15 Å². The summed E-state index contributed by atoms with van der Waals surface area (Å²) in [6.07, 6.45) is 0.715. The minimum atomic E-state index is -3.67. The topological polar surface area (TPSA) is 89.4 Å². The Bertz CT molecular complexity index is 94.0. The molecule has 5 heteroatoms. The van der Waals surface area contributed by atoms with Crippen molar-refractivity contribution < 1.29 is 13.0 Å². The smallest absolute Gasteiger partial charge is 0.261 e. The molecule has 4 nitrogen and oxygen atoms in total. The summed E-state index contributed by atoms with van der Waals surface area (Å²) in [5.41, 5.74) is 0. The zero-order valence-corrected chi connectivity index (χ0v) is 4.20. The Labute approximate surface area is 36.5 Å². The van der Waals surface area contributed by atoms with Gasteiger partial charge in [0.05, 0.1) is 6.26 Å². The molecule has 0 atom stereocenters. The largest absolute Gasteiger partial charge is 0.344 e. The van der Waals surface area contributed by atoms with E-state index in [2.05, 4.69) is 0 Å². The fraction of sp³-hybridized carbons (Fsp3) is 1.00. The van der Waals surface area contributed by atoms with Crippen LogP contribution in [0.2, 0.25) is 0 Å². The Kier molecular flexibility index (Phi) is 3.28. The first kappa shape index (κ1) is 9.30. The van der Waals surface area contributed by atoms with Gasteiger partial charge in [-0.3, -0.25) is 4.55 Å². The summed E-state index contributed by atoms with van der Waals surface area (Å²) in [6.45, 7) is 0. The van der Waals surface area contributed by atoms with Gasteiger partial charge >= 0.3 is 0 Å². The summed E-state index contributed by atoms with van der Waals surface area (Å²) in [6, 6.07) is 0. The van der Waals surface area contributed by atoms with E-state index in [1.54, 1.807) is 0 Å². The maximum Gasteiger partial charge on any atom is 0.261 e. The molecule has 0 aliphatic rings. The molecule has 0 aromatic heterocycles. The van der Waals surface area contributed by atoms with Gasteiger partial charge in [-0.2, -0.15) is 8.42 Å². The summed E-state index contributed by atoms with van der Waals surface area (Å²) in [5, 5.41) is 0. The lowest BCUT2D eigenvalue weighted by molar-refractivity contribution is 0.490. The van der Waals surface area contributed by atoms with Crippen LogP contribution in [0.3, 0.4) is 0 Å². The molecule has 0 heterocycles. The summed E-state index contributed by atoms with van der Waals surface area (Å²) in [7, 11) is -3.67. The SMILES string of the molecule is CS(=O)(=O)O.N. The van der Waals surface area contributed by atoms with E-state index in [0.717, 1.165) is 0 Å². The van der Waals surface area contributed by atoms with Crippen LogP contribution in [0.1, 0.15) is 0 Å². The van der Waals surface area contributed by atoms with Crippen molar-refractivity contribution in [1.29, 1.82) is 0 Å². The second-order valence-electron chi connectivity index (χ2n) is 0.733. The molecule has 0 fully saturated rings. The van der Waals surface area contributed by atoms with Crippen LogP contribution in [0, 0.1) is 0 Å². The zero-order chi connectivity index (χ0) is 4.50. The number of rotatable bonds is 0. The summed E-state index contributed by atoms with van der Waals surface area (Å²) in [5.74, 6) is 0. The van der Waals surface area contributed by atoms with Gasteiger partial charge in [-0.25, -0.2) is 0 Å². The van der Waals surface area contributed by atoms with Gasteiger partial charge in [0, 0.05) is 0 Å². The first-order valence-corrected chi connectivity index (χ1v) is 2.77. The molecule has 0 amide bonds. The molecule has 0 unspecified atom stereocenters. The van der Waals surface area contributed by atoms with Crippen LogP contribution in [0.15, 0.2) is 0 Å². The molecule has 0 saturated heterocycles. The molecule has 0 aliphatic heterocycles. The highest BCUT2D eigenvalue weighted by Crippen LogP contribution is 1.60. The first-order chi connectivity index (χ1) is 2.00. The van der Waals surface area contributed by atoms with Crippen molar-refractivity contribution in [2.45, 2.75) is 0 Å². The maximum atomic E-state index is 9.19. The Hall–Kier alpha value is -0.130. The Morgan fingerprint density at radius 2 is 1.50 bits per heavy atom. The Balaban J connectivity index is 0. The molecule has 0 saturated carbocycles. The van der Waals surface area contributed by atoms with Crippen LogP contribution in [0.4, 0.5) is 0 Å². The van der Waals surface area contributed by atoms with Gasteiger partial charge in [-0.15, -0.1) is 0 Å². The van der Waals surface area contributed by atoms with Crippen molar-refractivity contribution in [3.8, 4) is 0 Å². The van der Waals surface area contributed by atoms with Gasteiger partial charge in [-0.05, 0) is 0 Å². The molecular weight excluding hydrogens is 106 g/mol. The van der Waals surface area contributed by atoms with Gasteiger partial charge in [0.2, 0.25) is 0 Å². The van der Waals surface area contributed by atoms with Crippen LogP contribution in [-0.4, -0.2) is 19.2 Å². The van der Waals surface area contributed by atoms with E-state index in [1.807, 2.05) is 0 Å². The normalized spacial score (nSPS) is 9.67. The Morgan fingerprint density at radius 3 is 1.50 bits per heavy atom. The summed E-state index contributed by atoms with van der Waals surface area (Å²) < 4.78 is 25.9. The van der Waals surface area contributed by atoms with Crippen molar-refractivity contribution in [1.82, 2.24) is 6.15 Å². The molecular formula is CH7NO3S. The average molecular weight is 113 g/mol. The quantitative estimate of drug-likeness (QED) is 0.421. The van der Waals surface area contributed by atoms with E-state index in [0.29, 0.717) is 6.26 Å².